The molecule has 0 spiro atoms. The molecule has 2 aromatic heterocycles. The standard InChI is InChI=1S/C24H26N4O5/c1-29-18-6-5-13(8-19(18)30-2)7-16-11-17-14(9-15-12-27-24(26)28-23(15)25)10-20(31-3)22(32-4)21(17)33-16/h5-6,8,10-12H,7,9H2,1-4H3,(H4,25,26,27,28). The highest BCUT2D eigenvalue weighted by molar-refractivity contribution is 5.90. The zero-order valence-corrected chi connectivity index (χ0v) is 19.0. The van der Waals surface area contributed by atoms with Crippen LogP contribution in [0.2, 0.25) is 0 Å². The van der Waals surface area contributed by atoms with E-state index in [0.717, 1.165) is 27.8 Å². The molecule has 4 rings (SSSR count). The number of nitrogen functional groups attached to an aromatic ring is 2. The summed E-state index contributed by atoms with van der Waals surface area (Å²) in [6, 6.07) is 9.68. The topological polar surface area (TPSA) is 128 Å². The zero-order chi connectivity index (χ0) is 23.5. The molecule has 0 bridgehead atoms. The molecular formula is C24H26N4O5. The first-order chi connectivity index (χ1) is 16.0. The van der Waals surface area contributed by atoms with Crippen LogP contribution in [0.5, 0.6) is 23.0 Å². The maximum Gasteiger partial charge on any atom is 0.221 e. The largest absolute Gasteiger partial charge is 0.493 e. The summed E-state index contributed by atoms with van der Waals surface area (Å²) in [4.78, 5) is 8.13. The first-order valence-electron chi connectivity index (χ1n) is 10.2. The number of anilines is 2. The van der Waals surface area contributed by atoms with Gasteiger partial charge in [-0.25, -0.2) is 4.98 Å². The Hall–Kier alpha value is -4.14. The molecule has 0 fully saturated rings. The Bertz CT molecular complexity index is 1300. The zero-order valence-electron chi connectivity index (χ0n) is 19.0. The number of methoxy groups -OCH3 is 4. The molecule has 0 atom stereocenters. The summed E-state index contributed by atoms with van der Waals surface area (Å²) < 4.78 is 28.1. The predicted molar refractivity (Wildman–Crippen MR) is 125 cm³/mol. The van der Waals surface area contributed by atoms with Crippen molar-refractivity contribution in [2.75, 3.05) is 39.9 Å². The van der Waals surface area contributed by atoms with Gasteiger partial charge in [0.2, 0.25) is 11.7 Å². The smallest absolute Gasteiger partial charge is 0.221 e. The molecule has 2 heterocycles. The van der Waals surface area contributed by atoms with Crippen molar-refractivity contribution in [3.05, 3.63) is 59.0 Å². The van der Waals surface area contributed by atoms with E-state index in [1.807, 2.05) is 30.3 Å². The Balaban J connectivity index is 1.78. The van der Waals surface area contributed by atoms with Crippen molar-refractivity contribution in [3.63, 3.8) is 0 Å². The van der Waals surface area contributed by atoms with Gasteiger partial charge in [-0.15, -0.1) is 0 Å². The Morgan fingerprint density at radius 2 is 1.58 bits per heavy atom. The number of nitrogens with two attached hydrogens (primary N) is 2. The minimum absolute atomic E-state index is 0.134. The highest BCUT2D eigenvalue weighted by atomic mass is 16.5. The minimum Gasteiger partial charge on any atom is -0.493 e. The van der Waals surface area contributed by atoms with E-state index in [1.54, 1.807) is 34.6 Å². The molecule has 0 amide bonds. The van der Waals surface area contributed by atoms with Gasteiger partial charge in [-0.05, 0) is 35.4 Å². The van der Waals surface area contributed by atoms with Crippen LogP contribution in [0.4, 0.5) is 11.8 Å². The average molecular weight is 450 g/mol. The van der Waals surface area contributed by atoms with Gasteiger partial charge >= 0.3 is 0 Å². The second kappa shape index (κ2) is 9.15. The minimum atomic E-state index is 0.134. The van der Waals surface area contributed by atoms with Crippen LogP contribution >= 0.6 is 0 Å². The fraction of sp³-hybridized carbons (Fsp3) is 0.250. The molecule has 4 N–H and O–H groups in total. The van der Waals surface area contributed by atoms with Crippen LogP contribution in [0.3, 0.4) is 0 Å². The van der Waals surface area contributed by atoms with Crippen LogP contribution < -0.4 is 30.4 Å². The fourth-order valence-electron chi connectivity index (χ4n) is 3.81. The lowest BCUT2D eigenvalue weighted by Crippen LogP contribution is -2.04. The molecule has 0 saturated heterocycles. The number of ether oxygens (including phenoxy) is 4. The molecule has 9 nitrogen and oxygen atoms in total. The Labute approximate surface area is 191 Å². The summed E-state index contributed by atoms with van der Waals surface area (Å²) in [5.74, 6) is 3.63. The van der Waals surface area contributed by atoms with Crippen LogP contribution in [0.1, 0.15) is 22.5 Å². The highest BCUT2D eigenvalue weighted by Gasteiger charge is 2.20. The number of furan rings is 1. The van der Waals surface area contributed by atoms with Gasteiger partial charge in [0.05, 0.1) is 28.4 Å². The van der Waals surface area contributed by atoms with Crippen molar-refractivity contribution < 1.29 is 23.4 Å². The Kier molecular flexibility index (Phi) is 6.12. The lowest BCUT2D eigenvalue weighted by Gasteiger charge is -2.12. The van der Waals surface area contributed by atoms with Gasteiger partial charge in [0.25, 0.3) is 0 Å². The number of nitrogens with zero attached hydrogens (tertiary/aromatic N) is 2. The van der Waals surface area contributed by atoms with Crippen molar-refractivity contribution in [2.24, 2.45) is 0 Å². The van der Waals surface area contributed by atoms with Crippen molar-refractivity contribution in [2.45, 2.75) is 12.8 Å². The van der Waals surface area contributed by atoms with E-state index >= 15 is 0 Å². The van der Waals surface area contributed by atoms with Gasteiger partial charge in [0.1, 0.15) is 11.6 Å². The Morgan fingerprint density at radius 1 is 0.818 bits per heavy atom. The third-order valence-corrected chi connectivity index (χ3v) is 5.41. The summed E-state index contributed by atoms with van der Waals surface area (Å²) in [7, 11) is 6.39. The number of rotatable bonds is 8. The molecule has 0 aliphatic carbocycles. The maximum atomic E-state index is 6.23. The Morgan fingerprint density at radius 3 is 2.24 bits per heavy atom. The van der Waals surface area contributed by atoms with Crippen molar-refractivity contribution >= 4 is 22.7 Å². The number of hydrogen-bond acceptors (Lipinski definition) is 9. The molecule has 0 aliphatic rings. The van der Waals surface area contributed by atoms with E-state index in [1.165, 1.54) is 0 Å². The summed E-state index contributed by atoms with van der Waals surface area (Å²) in [5.41, 5.74) is 15.0. The second-order valence-corrected chi connectivity index (χ2v) is 7.41. The summed E-state index contributed by atoms with van der Waals surface area (Å²) >= 11 is 0. The van der Waals surface area contributed by atoms with Gasteiger partial charge < -0.3 is 34.8 Å². The molecule has 0 aliphatic heterocycles. The van der Waals surface area contributed by atoms with E-state index in [-0.39, 0.29) is 5.95 Å². The van der Waals surface area contributed by atoms with Crippen LogP contribution in [-0.2, 0) is 12.8 Å². The molecule has 9 heteroatoms. The molecule has 0 saturated carbocycles. The van der Waals surface area contributed by atoms with Crippen LogP contribution in [0.25, 0.3) is 11.0 Å². The normalized spacial score (nSPS) is 10.9. The molecule has 2 aromatic carbocycles. The van der Waals surface area contributed by atoms with E-state index in [2.05, 4.69) is 9.97 Å². The summed E-state index contributed by atoms with van der Waals surface area (Å²) in [6.45, 7) is 0. The van der Waals surface area contributed by atoms with Gasteiger partial charge in [0.15, 0.2) is 22.8 Å². The quantitative estimate of drug-likeness (QED) is 0.414. The molecular weight excluding hydrogens is 424 g/mol. The first kappa shape index (κ1) is 22.1. The molecule has 0 unspecified atom stereocenters. The molecule has 172 valence electrons. The van der Waals surface area contributed by atoms with Gasteiger partial charge in [-0.1, -0.05) is 6.07 Å². The predicted octanol–water partition coefficient (Wildman–Crippen LogP) is 3.60. The second-order valence-electron chi connectivity index (χ2n) is 7.41. The van der Waals surface area contributed by atoms with E-state index < -0.39 is 0 Å². The fourth-order valence-corrected chi connectivity index (χ4v) is 3.81. The molecule has 0 radical (unpaired) electrons. The maximum absolute atomic E-state index is 6.23. The van der Waals surface area contributed by atoms with Crippen molar-refractivity contribution in [1.29, 1.82) is 0 Å². The average Bonchev–Trinajstić information content (AvgIpc) is 3.23. The third-order valence-electron chi connectivity index (χ3n) is 5.41. The van der Waals surface area contributed by atoms with E-state index in [4.69, 9.17) is 34.8 Å². The monoisotopic (exact) mass is 450 g/mol. The first-order valence-corrected chi connectivity index (χ1v) is 10.2. The lowest BCUT2D eigenvalue weighted by atomic mass is 10.0. The number of aromatic nitrogens is 2. The summed E-state index contributed by atoms with van der Waals surface area (Å²) in [5, 5.41) is 0.888. The van der Waals surface area contributed by atoms with Gasteiger partial charge in [-0.2, -0.15) is 4.98 Å². The van der Waals surface area contributed by atoms with Crippen LogP contribution in [-0.4, -0.2) is 38.4 Å². The molecule has 33 heavy (non-hydrogen) atoms. The van der Waals surface area contributed by atoms with E-state index in [0.29, 0.717) is 47.2 Å². The summed E-state index contributed by atoms with van der Waals surface area (Å²) in [6.07, 6.45) is 2.65. The van der Waals surface area contributed by atoms with Crippen molar-refractivity contribution in [1.82, 2.24) is 9.97 Å². The highest BCUT2D eigenvalue weighted by Crippen LogP contribution is 2.41. The number of fused-ring (bicyclic) bond motifs is 1. The van der Waals surface area contributed by atoms with E-state index in [9.17, 15) is 0 Å². The van der Waals surface area contributed by atoms with Gasteiger partial charge in [-0.3, -0.25) is 0 Å². The number of benzene rings is 2. The lowest BCUT2D eigenvalue weighted by molar-refractivity contribution is 0.352. The van der Waals surface area contributed by atoms with Crippen LogP contribution in [0.15, 0.2) is 40.9 Å². The SMILES string of the molecule is COc1ccc(Cc2cc3c(Cc4cnc(N)nc4N)cc(OC)c(OC)c3o2)cc1OC. The third kappa shape index (κ3) is 4.30. The molecule has 4 aromatic rings. The van der Waals surface area contributed by atoms with Gasteiger partial charge in [0, 0.05) is 30.0 Å². The van der Waals surface area contributed by atoms with Crippen LogP contribution in [0, 0.1) is 0 Å². The van der Waals surface area contributed by atoms with Crippen molar-refractivity contribution in [3.8, 4) is 23.0 Å². The number of hydrogen-bond donors (Lipinski definition) is 2.